The Morgan fingerprint density at radius 1 is 1.30 bits per heavy atom. The van der Waals surface area contributed by atoms with E-state index in [1.165, 1.54) is 19.2 Å². The van der Waals surface area contributed by atoms with Gasteiger partial charge in [0.05, 0.1) is 17.8 Å². The number of nitrogens with two attached hydrogens (primary N) is 2. The van der Waals surface area contributed by atoms with Crippen molar-refractivity contribution in [2.75, 3.05) is 38.3 Å². The summed E-state index contributed by atoms with van der Waals surface area (Å²) in [4.78, 5) is 0.635. The van der Waals surface area contributed by atoms with Crippen molar-refractivity contribution in [1.29, 1.82) is 0 Å². The standard InChI is InChI=1S/C17H28N8O6S2/c1-11(9-18)22-33(29,30)13-4-3-12(25-7-5-17(10-26,31-2)6-8-25)14(15(13)32(19,27)28)16-20-23-24-21-16/h3-4,11,22,26H,5-10,18H2,1-2H3,(H2,19,27,28)(H,20,21,23,24)/t11-/m1/s1. The van der Waals surface area contributed by atoms with E-state index in [0.29, 0.717) is 31.6 Å². The zero-order valence-electron chi connectivity index (χ0n) is 18.2. The number of nitrogens with zero attached hydrogens (tertiary/aromatic N) is 4. The number of aromatic nitrogens is 4. The molecule has 0 saturated carbocycles. The van der Waals surface area contributed by atoms with Gasteiger partial charge in [0, 0.05) is 38.5 Å². The first-order valence-electron chi connectivity index (χ1n) is 10.0. The molecule has 3 rings (SSSR count). The molecular formula is C17H28N8O6S2. The molecule has 33 heavy (non-hydrogen) atoms. The molecule has 1 saturated heterocycles. The zero-order chi connectivity index (χ0) is 24.4. The molecule has 16 heteroatoms. The van der Waals surface area contributed by atoms with Crippen LogP contribution in [0.4, 0.5) is 5.69 Å². The minimum atomic E-state index is -4.57. The minimum absolute atomic E-state index is 0.000392. The van der Waals surface area contributed by atoms with Crippen LogP contribution in [0, 0.1) is 0 Å². The van der Waals surface area contributed by atoms with Crippen LogP contribution >= 0.6 is 0 Å². The summed E-state index contributed by atoms with van der Waals surface area (Å²) >= 11 is 0. The first-order chi connectivity index (χ1) is 15.5. The lowest BCUT2D eigenvalue weighted by Gasteiger charge is -2.41. The van der Waals surface area contributed by atoms with E-state index in [1.54, 1.807) is 6.92 Å². The summed E-state index contributed by atoms with van der Waals surface area (Å²) in [5.41, 5.74) is 5.07. The van der Waals surface area contributed by atoms with Crippen molar-refractivity contribution in [3.05, 3.63) is 12.1 Å². The highest BCUT2D eigenvalue weighted by atomic mass is 32.2. The van der Waals surface area contributed by atoms with E-state index in [0.717, 1.165) is 0 Å². The van der Waals surface area contributed by atoms with Gasteiger partial charge < -0.3 is 20.5 Å². The van der Waals surface area contributed by atoms with Crippen LogP contribution in [0.5, 0.6) is 0 Å². The van der Waals surface area contributed by atoms with Crippen LogP contribution in [0.25, 0.3) is 11.4 Å². The largest absolute Gasteiger partial charge is 0.393 e. The number of H-pyrrole nitrogens is 1. The fourth-order valence-electron chi connectivity index (χ4n) is 3.75. The average Bonchev–Trinajstić information content (AvgIpc) is 3.32. The third-order valence-electron chi connectivity index (χ3n) is 5.69. The number of sulfonamides is 2. The molecule has 1 aromatic carbocycles. The lowest BCUT2D eigenvalue weighted by molar-refractivity contribution is -0.0672. The van der Waals surface area contributed by atoms with Gasteiger partial charge in [-0.1, -0.05) is 0 Å². The molecule has 0 spiro atoms. The molecule has 0 amide bonds. The number of aromatic amines is 1. The molecule has 0 unspecified atom stereocenters. The van der Waals surface area contributed by atoms with Gasteiger partial charge in [0.1, 0.15) is 9.79 Å². The summed E-state index contributed by atoms with van der Waals surface area (Å²) in [6, 6.07) is 1.99. The number of benzene rings is 1. The van der Waals surface area contributed by atoms with Crippen molar-refractivity contribution in [3.8, 4) is 11.4 Å². The molecule has 1 aromatic heterocycles. The van der Waals surface area contributed by atoms with E-state index in [2.05, 4.69) is 25.3 Å². The summed E-state index contributed by atoms with van der Waals surface area (Å²) in [7, 11) is -7.37. The lowest BCUT2D eigenvalue weighted by atomic mass is 9.91. The molecular weight excluding hydrogens is 476 g/mol. The van der Waals surface area contributed by atoms with Gasteiger partial charge >= 0.3 is 0 Å². The number of aliphatic hydroxyl groups excluding tert-OH is 1. The van der Waals surface area contributed by atoms with Crippen molar-refractivity contribution in [1.82, 2.24) is 25.3 Å². The Morgan fingerprint density at radius 2 is 1.97 bits per heavy atom. The highest BCUT2D eigenvalue weighted by molar-refractivity contribution is 7.92. The Bertz CT molecular complexity index is 1170. The maximum absolute atomic E-state index is 13.0. The molecule has 0 aliphatic carbocycles. The van der Waals surface area contributed by atoms with Gasteiger partial charge in [-0.2, -0.15) is 5.21 Å². The summed E-state index contributed by atoms with van der Waals surface area (Å²) in [5.74, 6) is -0.135. The van der Waals surface area contributed by atoms with Gasteiger partial charge in [0.25, 0.3) is 0 Å². The van der Waals surface area contributed by atoms with Crippen LogP contribution in [0.3, 0.4) is 0 Å². The maximum atomic E-state index is 13.0. The lowest BCUT2D eigenvalue weighted by Crippen LogP contribution is -2.48. The summed E-state index contributed by atoms with van der Waals surface area (Å²) < 4.78 is 59.3. The molecule has 2 heterocycles. The summed E-state index contributed by atoms with van der Waals surface area (Å²) in [6.45, 7) is 2.15. The number of ether oxygens (including phenoxy) is 1. The number of methoxy groups -OCH3 is 1. The van der Waals surface area contributed by atoms with Crippen molar-refractivity contribution in [2.24, 2.45) is 10.9 Å². The van der Waals surface area contributed by atoms with E-state index in [9.17, 15) is 21.9 Å². The van der Waals surface area contributed by atoms with Crippen LogP contribution in [-0.2, 0) is 24.8 Å². The number of piperidine rings is 1. The Balaban J connectivity index is 2.21. The molecule has 0 bridgehead atoms. The van der Waals surface area contributed by atoms with Gasteiger partial charge in [0.2, 0.25) is 25.9 Å². The van der Waals surface area contributed by atoms with E-state index >= 15 is 0 Å². The van der Waals surface area contributed by atoms with Gasteiger partial charge in [-0.25, -0.2) is 26.7 Å². The second kappa shape index (κ2) is 9.57. The second-order valence-electron chi connectivity index (χ2n) is 7.86. The zero-order valence-corrected chi connectivity index (χ0v) is 19.9. The van der Waals surface area contributed by atoms with Crippen LogP contribution in [0.1, 0.15) is 19.8 Å². The topological polar surface area (TPSA) is 220 Å². The Labute approximate surface area is 191 Å². The predicted octanol–water partition coefficient (Wildman–Crippen LogP) is -1.88. The summed E-state index contributed by atoms with van der Waals surface area (Å²) in [6.07, 6.45) is 0.901. The fraction of sp³-hybridized carbons (Fsp3) is 0.588. The van der Waals surface area contributed by atoms with Crippen LogP contribution in [0.15, 0.2) is 21.9 Å². The number of hydrogen-bond donors (Lipinski definition) is 5. The average molecular weight is 505 g/mol. The monoisotopic (exact) mass is 504 g/mol. The normalized spacial score (nSPS) is 17.8. The van der Waals surface area contributed by atoms with E-state index in [1.807, 2.05) is 4.90 Å². The van der Waals surface area contributed by atoms with Gasteiger partial charge in [0.15, 0.2) is 0 Å². The van der Waals surface area contributed by atoms with Crippen molar-refractivity contribution >= 4 is 25.7 Å². The highest BCUT2D eigenvalue weighted by Gasteiger charge is 2.37. The molecule has 1 aliphatic heterocycles. The van der Waals surface area contributed by atoms with E-state index in [-0.39, 0.29) is 24.5 Å². The highest BCUT2D eigenvalue weighted by Crippen LogP contribution is 2.40. The third kappa shape index (κ3) is 5.16. The van der Waals surface area contributed by atoms with Crippen molar-refractivity contribution in [3.63, 3.8) is 0 Å². The van der Waals surface area contributed by atoms with Gasteiger partial charge in [-0.15, -0.1) is 10.2 Å². The number of nitrogens with one attached hydrogen (secondary N) is 2. The molecule has 7 N–H and O–H groups in total. The molecule has 1 atom stereocenters. The Kier molecular flexibility index (Phi) is 7.37. The fourth-order valence-corrected chi connectivity index (χ4v) is 6.61. The Morgan fingerprint density at radius 3 is 2.45 bits per heavy atom. The van der Waals surface area contributed by atoms with E-state index in [4.69, 9.17) is 15.6 Å². The second-order valence-corrected chi connectivity index (χ2v) is 11.0. The number of anilines is 1. The smallest absolute Gasteiger partial charge is 0.242 e. The van der Waals surface area contributed by atoms with Gasteiger partial charge in [-0.3, -0.25) is 0 Å². The van der Waals surface area contributed by atoms with Crippen LogP contribution in [-0.4, -0.2) is 87.6 Å². The third-order valence-corrected chi connectivity index (χ3v) is 8.44. The molecule has 184 valence electrons. The van der Waals surface area contributed by atoms with Gasteiger partial charge in [-0.05, 0) is 37.1 Å². The molecule has 0 radical (unpaired) electrons. The predicted molar refractivity (Wildman–Crippen MR) is 118 cm³/mol. The first-order valence-corrected chi connectivity index (χ1v) is 13.1. The maximum Gasteiger partial charge on any atom is 0.242 e. The number of rotatable bonds is 9. The van der Waals surface area contributed by atoms with Crippen molar-refractivity contribution in [2.45, 2.75) is 41.2 Å². The SMILES string of the molecule is COC1(CO)CCN(c2ccc(S(=O)(=O)N[C@H](C)CN)c(S(N)(=O)=O)c2-c2nn[nH]n2)CC1. The van der Waals surface area contributed by atoms with Crippen molar-refractivity contribution < 1.29 is 26.7 Å². The molecule has 14 nitrogen and oxygen atoms in total. The van der Waals surface area contributed by atoms with Crippen LogP contribution in [0.2, 0.25) is 0 Å². The summed E-state index contributed by atoms with van der Waals surface area (Å²) in [5, 5.41) is 28.7. The number of primary sulfonamides is 1. The molecule has 2 aromatic rings. The number of aliphatic hydroxyl groups is 1. The quantitative estimate of drug-likeness (QED) is 0.254. The molecule has 1 fully saturated rings. The minimum Gasteiger partial charge on any atom is -0.393 e. The number of hydrogen-bond acceptors (Lipinski definition) is 11. The number of tetrazole rings is 1. The van der Waals surface area contributed by atoms with Crippen LogP contribution < -0.4 is 20.5 Å². The first kappa shape index (κ1) is 25.4. The van der Waals surface area contributed by atoms with E-state index < -0.39 is 41.5 Å². The molecule has 1 aliphatic rings. The Hall–Kier alpha value is -2.21.